The van der Waals surface area contributed by atoms with Crippen molar-refractivity contribution in [2.75, 3.05) is 0 Å². The third-order valence-electron chi connectivity index (χ3n) is 4.02. The largest absolute Gasteiger partial charge is 0.393 e. The van der Waals surface area contributed by atoms with Crippen LogP contribution >= 0.6 is 0 Å². The zero-order chi connectivity index (χ0) is 8.06. The molecule has 0 aromatic carbocycles. The van der Waals surface area contributed by atoms with Crippen LogP contribution in [0.4, 0.5) is 0 Å². The zero-order valence-electron chi connectivity index (χ0n) is 7.51. The van der Waals surface area contributed by atoms with Crippen molar-refractivity contribution < 1.29 is 5.11 Å². The van der Waals surface area contributed by atoms with Gasteiger partial charge in [-0.15, -0.1) is 0 Å². The molecule has 3 unspecified atom stereocenters. The van der Waals surface area contributed by atoms with E-state index in [-0.39, 0.29) is 6.10 Å². The van der Waals surface area contributed by atoms with Crippen molar-refractivity contribution in [2.24, 2.45) is 17.3 Å². The van der Waals surface area contributed by atoms with E-state index in [1.54, 1.807) is 0 Å². The van der Waals surface area contributed by atoms with Crippen LogP contribution in [0.1, 0.15) is 39.5 Å². The van der Waals surface area contributed by atoms with Crippen LogP contribution in [0.5, 0.6) is 0 Å². The van der Waals surface area contributed by atoms with Gasteiger partial charge in [-0.05, 0) is 42.9 Å². The fourth-order valence-corrected chi connectivity index (χ4v) is 2.91. The maximum atomic E-state index is 9.61. The van der Waals surface area contributed by atoms with E-state index in [2.05, 4.69) is 13.8 Å². The molecule has 0 spiro atoms. The van der Waals surface area contributed by atoms with Gasteiger partial charge in [-0.25, -0.2) is 0 Å². The van der Waals surface area contributed by atoms with Gasteiger partial charge in [-0.2, -0.15) is 0 Å². The average Bonchev–Trinajstić information content (AvgIpc) is 1.95. The van der Waals surface area contributed by atoms with Crippen LogP contribution in [0.3, 0.4) is 0 Å². The van der Waals surface area contributed by atoms with Gasteiger partial charge >= 0.3 is 0 Å². The second-order valence-corrected chi connectivity index (χ2v) is 4.87. The van der Waals surface area contributed by atoms with Gasteiger partial charge in [0, 0.05) is 0 Å². The molecule has 11 heavy (non-hydrogen) atoms. The number of aliphatic hydroxyl groups excluding tert-OH is 1. The molecule has 0 saturated heterocycles. The quantitative estimate of drug-likeness (QED) is 0.567. The highest BCUT2D eigenvalue weighted by atomic mass is 16.3. The fourth-order valence-electron chi connectivity index (χ4n) is 2.91. The molecule has 2 fully saturated rings. The Kier molecular flexibility index (Phi) is 1.54. The van der Waals surface area contributed by atoms with Crippen molar-refractivity contribution in [3.8, 4) is 0 Å². The maximum Gasteiger partial charge on any atom is 0.0568 e. The summed E-state index contributed by atoms with van der Waals surface area (Å²) in [4.78, 5) is 0. The molecule has 2 saturated carbocycles. The number of fused-ring (bicyclic) bond motifs is 1. The molecule has 1 N–H and O–H groups in total. The van der Waals surface area contributed by atoms with E-state index in [0.717, 1.165) is 12.3 Å². The number of hydrogen-bond acceptors (Lipinski definition) is 1. The second-order valence-electron chi connectivity index (χ2n) is 4.87. The summed E-state index contributed by atoms with van der Waals surface area (Å²) < 4.78 is 0. The maximum absolute atomic E-state index is 9.61. The van der Waals surface area contributed by atoms with Gasteiger partial charge in [0.05, 0.1) is 6.10 Å². The normalized spacial score (nSPS) is 56.5. The van der Waals surface area contributed by atoms with Crippen LogP contribution in [-0.4, -0.2) is 11.2 Å². The van der Waals surface area contributed by atoms with Gasteiger partial charge in [0.1, 0.15) is 0 Å². The van der Waals surface area contributed by atoms with Gasteiger partial charge in [0.15, 0.2) is 0 Å². The first-order chi connectivity index (χ1) is 5.12. The lowest BCUT2D eigenvalue weighted by Crippen LogP contribution is -2.47. The predicted octanol–water partition coefficient (Wildman–Crippen LogP) is 2.19. The van der Waals surface area contributed by atoms with Crippen molar-refractivity contribution in [1.29, 1.82) is 0 Å². The van der Waals surface area contributed by atoms with Gasteiger partial charge in [0.2, 0.25) is 0 Å². The molecule has 1 heteroatoms. The minimum absolute atomic E-state index is 0.00613. The molecule has 2 aliphatic carbocycles. The molecule has 0 radical (unpaired) electrons. The molecule has 4 atom stereocenters. The molecule has 2 aliphatic rings. The molecule has 0 aliphatic heterocycles. The van der Waals surface area contributed by atoms with E-state index < -0.39 is 0 Å². The van der Waals surface area contributed by atoms with Crippen LogP contribution in [-0.2, 0) is 0 Å². The summed E-state index contributed by atoms with van der Waals surface area (Å²) in [5.74, 6) is 1.38. The van der Waals surface area contributed by atoms with Gasteiger partial charge in [-0.3, -0.25) is 0 Å². The second kappa shape index (κ2) is 2.22. The first kappa shape index (κ1) is 7.60. The molecule has 0 heterocycles. The minimum atomic E-state index is -0.00613. The molecule has 0 aromatic heterocycles. The highest BCUT2D eigenvalue weighted by molar-refractivity contribution is 4.98. The smallest absolute Gasteiger partial charge is 0.0568 e. The van der Waals surface area contributed by atoms with E-state index in [1.807, 2.05) is 0 Å². The Balaban J connectivity index is 2.07. The Labute approximate surface area is 68.8 Å². The molecule has 0 aromatic rings. The molecule has 0 amide bonds. The van der Waals surface area contributed by atoms with Crippen molar-refractivity contribution in [1.82, 2.24) is 0 Å². The van der Waals surface area contributed by atoms with Crippen molar-refractivity contribution >= 4 is 0 Å². The van der Waals surface area contributed by atoms with Crippen molar-refractivity contribution in [3.05, 3.63) is 0 Å². The van der Waals surface area contributed by atoms with Crippen LogP contribution in [0, 0.1) is 17.3 Å². The average molecular weight is 154 g/mol. The van der Waals surface area contributed by atoms with Gasteiger partial charge in [0.25, 0.3) is 0 Å². The van der Waals surface area contributed by atoms with Gasteiger partial charge in [-0.1, -0.05) is 13.8 Å². The van der Waals surface area contributed by atoms with E-state index >= 15 is 0 Å². The Morgan fingerprint density at radius 1 is 1.45 bits per heavy atom. The Hall–Kier alpha value is -0.0400. The van der Waals surface area contributed by atoms with E-state index in [9.17, 15) is 5.11 Å². The highest BCUT2D eigenvalue weighted by Gasteiger charge is 2.48. The van der Waals surface area contributed by atoms with Crippen LogP contribution < -0.4 is 0 Å². The molecular weight excluding hydrogens is 136 g/mol. The monoisotopic (exact) mass is 154 g/mol. The Morgan fingerprint density at radius 2 is 2.18 bits per heavy atom. The lowest BCUT2D eigenvalue weighted by molar-refractivity contribution is -0.0800. The Bertz CT molecular complexity index is 166. The van der Waals surface area contributed by atoms with Crippen LogP contribution in [0.15, 0.2) is 0 Å². The lowest BCUT2D eigenvalue weighted by Gasteiger charge is -2.54. The molecule has 1 nitrogen and oxygen atoms in total. The molecule has 2 rings (SSSR count). The summed E-state index contributed by atoms with van der Waals surface area (Å²) >= 11 is 0. The third-order valence-corrected chi connectivity index (χ3v) is 4.02. The van der Waals surface area contributed by atoms with Crippen molar-refractivity contribution in [2.45, 2.75) is 45.6 Å². The third kappa shape index (κ3) is 1.01. The first-order valence-corrected chi connectivity index (χ1v) is 4.80. The summed E-state index contributed by atoms with van der Waals surface area (Å²) in [6.07, 6.45) is 5.07. The highest BCUT2D eigenvalue weighted by Crippen LogP contribution is 2.56. The summed E-state index contributed by atoms with van der Waals surface area (Å²) in [6, 6.07) is 0. The van der Waals surface area contributed by atoms with E-state index in [4.69, 9.17) is 0 Å². The van der Waals surface area contributed by atoms with Gasteiger partial charge < -0.3 is 5.11 Å². The van der Waals surface area contributed by atoms with E-state index in [1.165, 1.54) is 19.3 Å². The summed E-state index contributed by atoms with van der Waals surface area (Å²) in [5.41, 5.74) is 0.610. The number of hydrogen-bond donors (Lipinski definition) is 1. The predicted molar refractivity (Wildman–Crippen MR) is 45.2 cm³/mol. The minimum Gasteiger partial charge on any atom is -0.393 e. The van der Waals surface area contributed by atoms with Crippen molar-refractivity contribution in [3.63, 3.8) is 0 Å². The lowest BCUT2D eigenvalue weighted by atomic mass is 9.52. The van der Waals surface area contributed by atoms with Crippen LogP contribution in [0.25, 0.3) is 0 Å². The standard InChI is InChI=1S/C10H18O/c1-7-6-10(2)4-3-8(10)5-9(7)11/h7-9,11H,3-6H2,1-2H3/t7?,8?,9?,10-/m0/s1. The fraction of sp³-hybridized carbons (Fsp3) is 1.00. The number of aliphatic hydroxyl groups is 1. The van der Waals surface area contributed by atoms with Crippen LogP contribution in [0.2, 0.25) is 0 Å². The molecule has 0 bridgehead atoms. The zero-order valence-corrected chi connectivity index (χ0v) is 7.51. The summed E-state index contributed by atoms with van der Waals surface area (Å²) in [6.45, 7) is 4.58. The SMILES string of the molecule is CC1C[C@]2(C)CCC2CC1O. The topological polar surface area (TPSA) is 20.2 Å². The molecule has 64 valence electrons. The Morgan fingerprint density at radius 3 is 2.64 bits per heavy atom. The summed E-state index contributed by atoms with van der Waals surface area (Å²) in [7, 11) is 0. The molecular formula is C10H18O. The first-order valence-electron chi connectivity index (χ1n) is 4.80. The number of rotatable bonds is 0. The van der Waals surface area contributed by atoms with E-state index in [0.29, 0.717) is 11.3 Å². The summed E-state index contributed by atoms with van der Waals surface area (Å²) in [5, 5.41) is 9.61.